The largest absolute Gasteiger partial charge is 0.453 e. The van der Waals surface area contributed by atoms with Crippen LogP contribution in [0.5, 0.6) is 0 Å². The first-order chi connectivity index (χ1) is 8.04. The highest BCUT2D eigenvalue weighted by Crippen LogP contribution is 2.23. The Hall–Kier alpha value is 0.311. The van der Waals surface area contributed by atoms with Crippen LogP contribution in [0.15, 0.2) is 12.3 Å². The third-order valence-corrected chi connectivity index (χ3v) is 12.9. The highest BCUT2D eigenvalue weighted by Gasteiger charge is 2.30. The molecular weight excluding hydrogens is 272 g/mol. The molecule has 0 rings (SSSR count). The van der Waals surface area contributed by atoms with Crippen molar-refractivity contribution >= 4 is 25.0 Å². The average Bonchev–Trinajstić information content (AvgIpc) is 2.23. The number of hydrogen-bond acceptors (Lipinski definition) is 2. The molecule has 0 heterocycles. The van der Waals surface area contributed by atoms with Crippen molar-refractivity contribution in [2.24, 2.45) is 0 Å². The van der Waals surface area contributed by atoms with Crippen molar-refractivity contribution < 1.29 is 8.54 Å². The van der Waals surface area contributed by atoms with E-state index in [4.69, 9.17) is 8.54 Å². The lowest BCUT2D eigenvalue weighted by molar-refractivity contribution is 0.401. The van der Waals surface area contributed by atoms with Gasteiger partial charge in [-0.05, 0) is 51.4 Å². The summed E-state index contributed by atoms with van der Waals surface area (Å²) in [6.45, 7) is 17.6. The predicted molar refractivity (Wildman–Crippen MR) is 89.6 cm³/mol. The molecule has 0 fully saturated rings. The number of unbranched alkanes of at least 4 members (excludes halogenated alkanes) is 1. The van der Waals surface area contributed by atoms with Gasteiger partial charge >= 0.3 is 0 Å². The molecule has 0 radical (unpaired) electrons. The molecule has 18 heavy (non-hydrogen) atoms. The molecule has 0 saturated carbocycles. The maximum Gasteiger partial charge on any atom is 0.197 e. The summed E-state index contributed by atoms with van der Waals surface area (Å²) in [4.78, 5) is 0. The lowest BCUT2D eigenvalue weighted by Gasteiger charge is -2.32. The first-order valence-electron chi connectivity index (χ1n) is 6.92. The van der Waals surface area contributed by atoms with Gasteiger partial charge in [-0.25, -0.2) is 0 Å². The van der Waals surface area contributed by atoms with Crippen molar-refractivity contribution in [3.05, 3.63) is 12.3 Å². The molecule has 0 aliphatic carbocycles. The van der Waals surface area contributed by atoms with E-state index >= 15 is 0 Å². The van der Waals surface area contributed by atoms with Crippen molar-refractivity contribution in [2.45, 2.75) is 64.2 Å². The van der Waals surface area contributed by atoms with E-state index in [2.05, 4.69) is 45.9 Å². The zero-order chi connectivity index (χ0) is 14.4. The molecule has 0 aliphatic heterocycles. The van der Waals surface area contributed by atoms with Gasteiger partial charge in [0.05, 0.1) is 0 Å². The fourth-order valence-corrected chi connectivity index (χ4v) is 10.9. The number of rotatable bonds is 9. The minimum absolute atomic E-state index is 1.26. The molecular formula is C13H32O2Si3. The Morgan fingerprint density at radius 1 is 0.889 bits per heavy atom. The maximum atomic E-state index is 6.37. The van der Waals surface area contributed by atoms with Crippen molar-refractivity contribution in [1.82, 2.24) is 0 Å². The minimum atomic E-state index is -1.61. The Morgan fingerprint density at radius 3 is 1.72 bits per heavy atom. The van der Waals surface area contributed by atoms with Gasteiger partial charge in [-0.1, -0.05) is 18.5 Å². The standard InChI is InChI=1S/C13H32O2Si3/c1-9-16(3,4)15-18(7,8)13-11-10-12-17(5,6)14-2/h9H,1,10-13H2,2-8H3. The third kappa shape index (κ3) is 8.42. The summed E-state index contributed by atoms with van der Waals surface area (Å²) in [6.07, 6.45) is 2.56. The van der Waals surface area contributed by atoms with Crippen LogP contribution in [0.25, 0.3) is 0 Å². The Labute approximate surface area is 117 Å². The Balaban J connectivity index is 4.02. The Kier molecular flexibility index (Phi) is 7.31. The second kappa shape index (κ2) is 7.19. The van der Waals surface area contributed by atoms with E-state index in [1.165, 1.54) is 24.9 Å². The lowest BCUT2D eigenvalue weighted by atomic mass is 10.4. The molecule has 0 spiro atoms. The molecule has 2 nitrogen and oxygen atoms in total. The maximum absolute atomic E-state index is 6.37. The molecule has 5 heteroatoms. The van der Waals surface area contributed by atoms with Crippen LogP contribution in [-0.2, 0) is 8.54 Å². The van der Waals surface area contributed by atoms with Crippen LogP contribution in [0, 0.1) is 0 Å². The Morgan fingerprint density at radius 2 is 1.33 bits per heavy atom. The van der Waals surface area contributed by atoms with Crippen molar-refractivity contribution in [1.29, 1.82) is 0 Å². The van der Waals surface area contributed by atoms with Gasteiger partial charge in [-0.3, -0.25) is 0 Å². The van der Waals surface area contributed by atoms with Crippen LogP contribution in [-0.4, -0.2) is 32.1 Å². The van der Waals surface area contributed by atoms with Crippen LogP contribution < -0.4 is 0 Å². The lowest BCUT2D eigenvalue weighted by Crippen LogP contribution is -2.43. The van der Waals surface area contributed by atoms with Gasteiger partial charge in [0, 0.05) is 7.11 Å². The third-order valence-electron chi connectivity index (χ3n) is 3.39. The van der Waals surface area contributed by atoms with Crippen molar-refractivity contribution in [3.8, 4) is 0 Å². The molecule has 0 saturated heterocycles. The summed E-state index contributed by atoms with van der Waals surface area (Å²) < 4.78 is 12.0. The summed E-state index contributed by atoms with van der Waals surface area (Å²) >= 11 is 0. The van der Waals surface area contributed by atoms with E-state index < -0.39 is 25.0 Å². The molecule has 0 aromatic carbocycles. The predicted octanol–water partition coefficient (Wildman–Crippen LogP) is 4.77. The topological polar surface area (TPSA) is 18.5 Å². The fourth-order valence-electron chi connectivity index (χ4n) is 2.01. The first kappa shape index (κ1) is 18.3. The quantitative estimate of drug-likeness (QED) is 0.451. The zero-order valence-electron chi connectivity index (χ0n) is 13.4. The van der Waals surface area contributed by atoms with E-state index in [9.17, 15) is 0 Å². The SMILES string of the molecule is C=C[Si](C)(C)O[Si](C)(C)CCCC[Si](C)(C)OC. The molecule has 0 aromatic rings. The van der Waals surface area contributed by atoms with E-state index in [-0.39, 0.29) is 0 Å². The second-order valence-electron chi connectivity index (χ2n) is 6.84. The van der Waals surface area contributed by atoms with E-state index in [1.54, 1.807) is 0 Å². The second-order valence-corrected chi connectivity index (χ2v) is 19.7. The molecule has 0 amide bonds. The summed E-state index contributed by atoms with van der Waals surface area (Å²) in [7, 11) is -2.61. The molecule has 108 valence electrons. The Bertz CT molecular complexity index is 263. The van der Waals surface area contributed by atoms with Crippen LogP contribution in [0.3, 0.4) is 0 Å². The van der Waals surface area contributed by atoms with Crippen molar-refractivity contribution in [2.75, 3.05) is 7.11 Å². The summed E-state index contributed by atoms with van der Waals surface area (Å²) in [6, 6.07) is 2.52. The van der Waals surface area contributed by atoms with Gasteiger partial charge in [0.1, 0.15) is 0 Å². The van der Waals surface area contributed by atoms with Gasteiger partial charge in [0.2, 0.25) is 0 Å². The smallest absolute Gasteiger partial charge is 0.197 e. The van der Waals surface area contributed by atoms with Crippen LogP contribution in [0.2, 0.25) is 51.4 Å². The van der Waals surface area contributed by atoms with Gasteiger partial charge in [0.15, 0.2) is 25.0 Å². The highest BCUT2D eigenvalue weighted by atomic mass is 28.4. The van der Waals surface area contributed by atoms with Gasteiger partial charge < -0.3 is 8.54 Å². The van der Waals surface area contributed by atoms with Gasteiger partial charge in [-0.15, -0.1) is 6.58 Å². The van der Waals surface area contributed by atoms with Crippen LogP contribution in [0.4, 0.5) is 0 Å². The normalized spacial score (nSPS) is 13.7. The average molecular weight is 305 g/mol. The van der Waals surface area contributed by atoms with Crippen LogP contribution in [0.1, 0.15) is 12.8 Å². The fraction of sp³-hybridized carbons (Fsp3) is 0.846. The van der Waals surface area contributed by atoms with E-state index in [0.717, 1.165) is 0 Å². The zero-order valence-corrected chi connectivity index (χ0v) is 16.4. The van der Waals surface area contributed by atoms with Gasteiger partial charge in [-0.2, -0.15) is 0 Å². The van der Waals surface area contributed by atoms with Crippen LogP contribution >= 0.6 is 0 Å². The minimum Gasteiger partial charge on any atom is -0.453 e. The molecule has 0 bridgehead atoms. The van der Waals surface area contributed by atoms with E-state index in [0.29, 0.717) is 0 Å². The highest BCUT2D eigenvalue weighted by molar-refractivity contribution is 6.87. The number of hydrogen-bond donors (Lipinski definition) is 0. The van der Waals surface area contributed by atoms with E-state index in [1.807, 2.05) is 12.8 Å². The summed E-state index contributed by atoms with van der Waals surface area (Å²) in [5.41, 5.74) is 2.04. The molecule has 0 unspecified atom stereocenters. The molecule has 0 aromatic heterocycles. The molecule has 0 aliphatic rings. The molecule has 0 atom stereocenters. The summed E-state index contributed by atoms with van der Waals surface area (Å²) in [5.74, 6) is 0. The first-order valence-corrected chi connectivity index (χ1v) is 16.1. The monoisotopic (exact) mass is 304 g/mol. The van der Waals surface area contributed by atoms with Gasteiger partial charge in [0.25, 0.3) is 0 Å². The molecule has 0 N–H and O–H groups in total. The summed E-state index contributed by atoms with van der Waals surface area (Å²) in [5, 5.41) is 0. The van der Waals surface area contributed by atoms with Crippen molar-refractivity contribution in [3.63, 3.8) is 0 Å².